The zero-order valence-electron chi connectivity index (χ0n) is 15.9. The third-order valence-corrected chi connectivity index (χ3v) is 6.10. The average Bonchev–Trinajstić information content (AvgIpc) is 3.36. The van der Waals surface area contributed by atoms with E-state index in [0.29, 0.717) is 34.9 Å². The van der Waals surface area contributed by atoms with Crippen LogP contribution in [0.15, 0.2) is 42.0 Å². The molecular formula is C21H17F2N3O3S. The van der Waals surface area contributed by atoms with Crippen molar-refractivity contribution in [3.63, 3.8) is 0 Å². The van der Waals surface area contributed by atoms with Crippen LogP contribution in [0.5, 0.6) is 0 Å². The number of rotatable bonds is 7. The van der Waals surface area contributed by atoms with Crippen LogP contribution in [0.25, 0.3) is 10.8 Å². The van der Waals surface area contributed by atoms with Gasteiger partial charge in [-0.25, -0.2) is 0 Å². The van der Waals surface area contributed by atoms with E-state index in [4.69, 9.17) is 0 Å². The SMILES string of the molecule is CC(CCC(=O)NC=O)N1C(=O)c2cccc3c(C(F)(F)c4cncs4)ccc1c23. The maximum Gasteiger partial charge on any atom is 0.309 e. The third-order valence-electron chi connectivity index (χ3n) is 5.26. The summed E-state index contributed by atoms with van der Waals surface area (Å²) in [6.45, 7) is 1.78. The molecule has 2 aromatic carbocycles. The van der Waals surface area contributed by atoms with Crippen molar-refractivity contribution in [1.82, 2.24) is 10.3 Å². The van der Waals surface area contributed by atoms with Gasteiger partial charge in [0.25, 0.3) is 5.91 Å². The Hall–Kier alpha value is -3.20. The fraction of sp³-hybridized carbons (Fsp3) is 0.238. The van der Waals surface area contributed by atoms with Crippen molar-refractivity contribution in [3.8, 4) is 0 Å². The quantitative estimate of drug-likeness (QED) is 0.579. The molecule has 1 aromatic heterocycles. The Kier molecular flexibility index (Phi) is 5.07. The largest absolute Gasteiger partial charge is 0.309 e. The normalized spacial score (nSPS) is 14.2. The predicted octanol–water partition coefficient (Wildman–Crippen LogP) is 3.84. The van der Waals surface area contributed by atoms with Gasteiger partial charge in [-0.1, -0.05) is 12.1 Å². The number of nitrogens with zero attached hydrogens (tertiary/aromatic N) is 2. The van der Waals surface area contributed by atoms with E-state index in [1.807, 2.05) is 0 Å². The maximum atomic E-state index is 15.2. The average molecular weight is 429 g/mol. The molecule has 1 unspecified atom stereocenters. The topological polar surface area (TPSA) is 79.4 Å². The number of imide groups is 1. The number of hydrogen-bond acceptors (Lipinski definition) is 5. The molecule has 3 aromatic rings. The van der Waals surface area contributed by atoms with Crippen LogP contribution >= 0.6 is 11.3 Å². The van der Waals surface area contributed by atoms with E-state index in [9.17, 15) is 14.4 Å². The summed E-state index contributed by atoms with van der Waals surface area (Å²) in [5.41, 5.74) is 2.07. The smallest absolute Gasteiger partial charge is 0.305 e. The molecule has 154 valence electrons. The minimum atomic E-state index is -3.24. The molecule has 0 saturated heterocycles. The van der Waals surface area contributed by atoms with Crippen molar-refractivity contribution in [2.24, 2.45) is 0 Å². The molecule has 1 aliphatic heterocycles. The lowest BCUT2D eigenvalue weighted by atomic mass is 9.96. The number of amides is 3. The van der Waals surface area contributed by atoms with E-state index in [-0.39, 0.29) is 28.8 Å². The molecule has 2 heterocycles. The van der Waals surface area contributed by atoms with E-state index in [0.717, 1.165) is 17.5 Å². The fourth-order valence-corrected chi connectivity index (χ4v) is 4.44. The minimum Gasteiger partial charge on any atom is -0.305 e. The zero-order valence-corrected chi connectivity index (χ0v) is 16.7. The van der Waals surface area contributed by atoms with Gasteiger partial charge in [-0.05, 0) is 36.9 Å². The maximum absolute atomic E-state index is 15.2. The molecule has 1 aliphatic rings. The van der Waals surface area contributed by atoms with Crippen LogP contribution < -0.4 is 10.2 Å². The molecule has 0 radical (unpaired) electrons. The number of benzene rings is 2. The van der Waals surface area contributed by atoms with Crippen molar-refractivity contribution >= 4 is 46.0 Å². The predicted molar refractivity (Wildman–Crippen MR) is 109 cm³/mol. The first-order valence-electron chi connectivity index (χ1n) is 9.25. The second-order valence-corrected chi connectivity index (χ2v) is 7.94. The lowest BCUT2D eigenvalue weighted by Crippen LogP contribution is -2.36. The fourth-order valence-electron chi connectivity index (χ4n) is 3.83. The van der Waals surface area contributed by atoms with Gasteiger partial charge in [-0.15, -0.1) is 11.3 Å². The molecule has 0 aliphatic carbocycles. The lowest BCUT2D eigenvalue weighted by Gasteiger charge is -2.26. The molecule has 0 bridgehead atoms. The molecule has 0 spiro atoms. The van der Waals surface area contributed by atoms with Gasteiger partial charge in [0, 0.05) is 35.2 Å². The van der Waals surface area contributed by atoms with Crippen molar-refractivity contribution in [2.45, 2.75) is 31.7 Å². The summed E-state index contributed by atoms with van der Waals surface area (Å²) >= 11 is 0.875. The number of hydrogen-bond donors (Lipinski definition) is 1. The highest BCUT2D eigenvalue weighted by Crippen LogP contribution is 2.46. The first-order valence-corrected chi connectivity index (χ1v) is 10.1. The summed E-state index contributed by atoms with van der Waals surface area (Å²) in [5, 5.41) is 2.86. The van der Waals surface area contributed by atoms with Gasteiger partial charge in [0.1, 0.15) is 0 Å². The van der Waals surface area contributed by atoms with Crippen molar-refractivity contribution in [3.05, 3.63) is 58.0 Å². The third kappa shape index (κ3) is 3.15. The van der Waals surface area contributed by atoms with Gasteiger partial charge in [0.05, 0.1) is 16.1 Å². The Bertz CT molecular complexity index is 1150. The molecule has 1 atom stereocenters. The van der Waals surface area contributed by atoms with E-state index < -0.39 is 11.8 Å². The number of alkyl halides is 2. The molecular weight excluding hydrogens is 412 g/mol. The highest BCUT2D eigenvalue weighted by molar-refractivity contribution is 7.09. The minimum absolute atomic E-state index is 0.0602. The molecule has 4 rings (SSSR count). The van der Waals surface area contributed by atoms with Gasteiger partial charge >= 0.3 is 5.92 Å². The summed E-state index contributed by atoms with van der Waals surface area (Å²) in [7, 11) is 0. The standard InChI is InChI=1S/C21H17F2N3O3S/c1-12(5-8-18(28)25-10-27)26-16-7-6-15(21(22,23)17-9-24-11-30-17)13-3-2-4-14(19(13)16)20(26)29/h2-4,6-7,9-12H,5,8H2,1H3,(H,25,27,28). The van der Waals surface area contributed by atoms with Gasteiger partial charge in [-0.2, -0.15) is 8.78 Å². The van der Waals surface area contributed by atoms with Crippen LogP contribution in [0.4, 0.5) is 14.5 Å². The number of thiazole rings is 1. The van der Waals surface area contributed by atoms with Crippen LogP contribution in [0, 0.1) is 0 Å². The van der Waals surface area contributed by atoms with E-state index in [1.54, 1.807) is 25.1 Å². The zero-order chi connectivity index (χ0) is 21.5. The van der Waals surface area contributed by atoms with E-state index >= 15 is 8.78 Å². The highest BCUT2D eigenvalue weighted by atomic mass is 32.1. The van der Waals surface area contributed by atoms with Crippen molar-refractivity contribution in [1.29, 1.82) is 0 Å². The molecule has 1 N–H and O–H groups in total. The highest BCUT2D eigenvalue weighted by Gasteiger charge is 2.40. The van der Waals surface area contributed by atoms with Crippen LogP contribution in [0.1, 0.15) is 40.6 Å². The lowest BCUT2D eigenvalue weighted by molar-refractivity contribution is -0.125. The van der Waals surface area contributed by atoms with Crippen LogP contribution in [0.2, 0.25) is 0 Å². The van der Waals surface area contributed by atoms with Gasteiger partial charge < -0.3 is 4.90 Å². The van der Waals surface area contributed by atoms with Crippen molar-refractivity contribution in [2.75, 3.05) is 4.90 Å². The Balaban J connectivity index is 1.75. The summed E-state index contributed by atoms with van der Waals surface area (Å²) in [4.78, 5) is 40.1. The number of nitrogens with one attached hydrogen (secondary N) is 1. The Morgan fingerprint density at radius 1 is 1.33 bits per heavy atom. The van der Waals surface area contributed by atoms with Gasteiger partial charge in [0.15, 0.2) is 0 Å². The number of aromatic nitrogens is 1. The summed E-state index contributed by atoms with van der Waals surface area (Å²) in [6.07, 6.45) is 1.84. The number of carbonyl (C=O) groups is 3. The Morgan fingerprint density at radius 3 is 2.83 bits per heavy atom. The Morgan fingerprint density at radius 2 is 2.13 bits per heavy atom. The van der Waals surface area contributed by atoms with Gasteiger partial charge in [0.2, 0.25) is 12.3 Å². The second-order valence-electron chi connectivity index (χ2n) is 7.05. The molecule has 0 fully saturated rings. The number of carbonyl (C=O) groups excluding carboxylic acids is 3. The first kappa shape index (κ1) is 20.1. The van der Waals surface area contributed by atoms with Crippen LogP contribution in [-0.4, -0.2) is 29.3 Å². The molecule has 9 heteroatoms. The summed E-state index contributed by atoms with van der Waals surface area (Å²) in [5.74, 6) is -3.98. The molecule has 0 saturated carbocycles. The Labute approximate surface area is 174 Å². The second kappa shape index (κ2) is 7.56. The van der Waals surface area contributed by atoms with E-state index in [2.05, 4.69) is 10.3 Å². The van der Waals surface area contributed by atoms with Gasteiger partial charge in [-0.3, -0.25) is 24.7 Å². The summed E-state index contributed by atoms with van der Waals surface area (Å²) in [6, 6.07) is 7.32. The van der Waals surface area contributed by atoms with Crippen LogP contribution in [-0.2, 0) is 15.5 Å². The van der Waals surface area contributed by atoms with Crippen molar-refractivity contribution < 1.29 is 23.2 Å². The molecule has 6 nitrogen and oxygen atoms in total. The summed E-state index contributed by atoms with van der Waals surface area (Å²) < 4.78 is 30.3. The van der Waals surface area contributed by atoms with Crippen LogP contribution in [0.3, 0.4) is 0 Å². The number of anilines is 1. The molecule has 3 amide bonds. The number of halogens is 2. The van der Waals surface area contributed by atoms with E-state index in [1.165, 1.54) is 22.5 Å². The monoisotopic (exact) mass is 429 g/mol. The molecule has 30 heavy (non-hydrogen) atoms. The first-order chi connectivity index (χ1) is 14.4.